The zero-order chi connectivity index (χ0) is 28.3. The molecule has 2 N–H and O–H groups in total. The maximum absolute atomic E-state index is 12.9. The highest BCUT2D eigenvalue weighted by molar-refractivity contribution is 5.96. The third kappa shape index (κ3) is 9.93. The van der Waals surface area contributed by atoms with Gasteiger partial charge in [-0.05, 0) is 88.7 Å². The third-order valence-corrected chi connectivity index (χ3v) is 7.47. The lowest BCUT2D eigenvalue weighted by atomic mass is 9.91. The van der Waals surface area contributed by atoms with Gasteiger partial charge in [0.25, 0.3) is 5.91 Å². The van der Waals surface area contributed by atoms with E-state index in [1.165, 1.54) is 12.1 Å². The van der Waals surface area contributed by atoms with Crippen LogP contribution in [0.5, 0.6) is 0 Å². The smallest absolute Gasteiger partial charge is 0.393 e. The molecule has 1 unspecified atom stereocenters. The second kappa shape index (κ2) is 15.0. The molecule has 39 heavy (non-hydrogen) atoms. The van der Waals surface area contributed by atoms with Gasteiger partial charge < -0.3 is 20.2 Å². The van der Waals surface area contributed by atoms with Gasteiger partial charge in [-0.3, -0.25) is 14.6 Å². The molecular weight excluding hydrogens is 509 g/mol. The quantitative estimate of drug-likeness (QED) is 0.532. The highest BCUT2D eigenvalue weighted by Crippen LogP contribution is 2.29. The molecule has 0 radical (unpaired) electrons. The number of likely N-dealkylation sites (tertiary alicyclic amines) is 1. The summed E-state index contributed by atoms with van der Waals surface area (Å²) in [6, 6.07) is 10.5. The number of amides is 2. The first-order valence-corrected chi connectivity index (χ1v) is 13.6. The topological polar surface area (TPSA) is 85.8 Å². The molecule has 0 spiro atoms. The molecule has 2 aliphatic rings. The van der Waals surface area contributed by atoms with Crippen molar-refractivity contribution in [3.63, 3.8) is 0 Å². The molecule has 4 rings (SSSR count). The summed E-state index contributed by atoms with van der Waals surface area (Å²) in [7, 11) is 2.09. The van der Waals surface area contributed by atoms with Crippen molar-refractivity contribution in [1.82, 2.24) is 20.1 Å². The summed E-state index contributed by atoms with van der Waals surface area (Å²) in [6.45, 7) is 1.25. The van der Waals surface area contributed by atoms with E-state index in [2.05, 4.69) is 22.2 Å². The number of aliphatic hydroxyl groups excluding tert-OH is 1. The summed E-state index contributed by atoms with van der Waals surface area (Å²) in [5.41, 5.74) is -1.01. The summed E-state index contributed by atoms with van der Waals surface area (Å²) in [5.74, 6) is -0.898. The van der Waals surface area contributed by atoms with Crippen LogP contribution in [0.25, 0.3) is 0 Å². The van der Waals surface area contributed by atoms with Crippen LogP contribution in [0, 0.1) is 0 Å². The summed E-state index contributed by atoms with van der Waals surface area (Å²) >= 11 is 0. The van der Waals surface area contributed by atoms with E-state index >= 15 is 0 Å². The van der Waals surface area contributed by atoms with E-state index in [-0.39, 0.29) is 30.2 Å². The van der Waals surface area contributed by atoms with Crippen molar-refractivity contribution in [3.05, 3.63) is 66.0 Å². The second-order valence-corrected chi connectivity index (χ2v) is 10.3. The van der Waals surface area contributed by atoms with Gasteiger partial charge in [0, 0.05) is 43.1 Å². The monoisotopic (exact) mass is 548 g/mol. The third-order valence-electron chi connectivity index (χ3n) is 7.47. The van der Waals surface area contributed by atoms with Gasteiger partial charge in [-0.2, -0.15) is 13.2 Å². The predicted molar refractivity (Wildman–Crippen MR) is 143 cm³/mol. The molecule has 1 aliphatic heterocycles. The van der Waals surface area contributed by atoms with Gasteiger partial charge >= 0.3 is 6.18 Å². The fourth-order valence-corrected chi connectivity index (χ4v) is 5.17. The second-order valence-electron chi connectivity index (χ2n) is 10.3. The highest BCUT2D eigenvalue weighted by Gasteiger charge is 2.31. The maximum atomic E-state index is 12.9. The van der Waals surface area contributed by atoms with E-state index in [1.54, 1.807) is 12.4 Å². The van der Waals surface area contributed by atoms with Crippen molar-refractivity contribution in [2.45, 2.75) is 75.7 Å². The van der Waals surface area contributed by atoms with Crippen molar-refractivity contribution >= 4 is 11.8 Å². The van der Waals surface area contributed by atoms with Crippen LogP contribution < -0.4 is 5.32 Å². The van der Waals surface area contributed by atoms with Crippen LogP contribution in [0.4, 0.5) is 13.2 Å². The predicted octanol–water partition coefficient (Wildman–Crippen LogP) is 4.52. The molecule has 0 bridgehead atoms. The van der Waals surface area contributed by atoms with Crippen LogP contribution in [0.15, 0.2) is 54.9 Å². The van der Waals surface area contributed by atoms with Crippen LogP contribution in [0.1, 0.15) is 67.3 Å². The molecule has 2 amide bonds. The Bertz CT molecular complexity index is 1000. The molecule has 7 nitrogen and oxygen atoms in total. The van der Waals surface area contributed by atoms with Gasteiger partial charge in [0.05, 0.1) is 18.2 Å². The Kier molecular flexibility index (Phi) is 11.7. The molecule has 1 aliphatic carbocycles. The lowest BCUT2D eigenvalue weighted by Gasteiger charge is -2.38. The van der Waals surface area contributed by atoms with E-state index in [0.717, 1.165) is 70.0 Å². The number of nitrogens with one attached hydrogen (secondary N) is 1. The Morgan fingerprint density at radius 2 is 1.77 bits per heavy atom. The lowest BCUT2D eigenvalue weighted by molar-refractivity contribution is -0.137. The average molecular weight is 549 g/mol. The van der Waals surface area contributed by atoms with Gasteiger partial charge in [0.2, 0.25) is 5.91 Å². The first kappa shape index (κ1) is 30.6. The number of pyridine rings is 1. The van der Waals surface area contributed by atoms with E-state index in [9.17, 15) is 27.9 Å². The summed E-state index contributed by atoms with van der Waals surface area (Å²) in [5, 5.41) is 12.2. The van der Waals surface area contributed by atoms with Crippen molar-refractivity contribution in [2.24, 2.45) is 0 Å². The molecule has 1 aromatic carbocycles. The van der Waals surface area contributed by atoms with Crippen LogP contribution in [0.3, 0.4) is 0 Å². The molecule has 10 heteroatoms. The average Bonchev–Trinajstić information content (AvgIpc) is 2.96. The molecule has 1 aromatic heterocycles. The normalized spacial score (nSPS) is 21.6. The number of hydrogen-bond donors (Lipinski definition) is 2. The lowest BCUT2D eigenvalue weighted by Crippen LogP contribution is -2.49. The number of aliphatic hydroxyl groups is 1. The van der Waals surface area contributed by atoms with Gasteiger partial charge in [-0.25, -0.2) is 0 Å². The number of nitrogens with zero attached hydrogens (tertiary/aromatic N) is 3. The molecular formula is C29H39F3N4O3. The first-order chi connectivity index (χ1) is 18.6. The first-order valence-electron chi connectivity index (χ1n) is 13.6. The van der Waals surface area contributed by atoms with Crippen LogP contribution >= 0.6 is 0 Å². The zero-order valence-corrected chi connectivity index (χ0v) is 22.4. The molecule has 1 saturated carbocycles. The van der Waals surface area contributed by atoms with Gasteiger partial charge in [-0.15, -0.1) is 0 Å². The number of hydrogen-bond acceptors (Lipinski definition) is 5. The molecule has 214 valence electrons. The van der Waals surface area contributed by atoms with E-state index in [0.29, 0.717) is 12.6 Å². The molecule has 1 saturated heterocycles. The number of benzene rings is 1. The standard InChI is InChI=1S/C24H34F3N3O3.C5H5N/c1-29(19-8-10-21(31)11-9-19)14-12-20-7-2-3-13-30(20)22(32)16-28-23(33)17-5-4-6-18(15-17)24(25,26)27;1-2-4-6-5-3-1/h4-6,15,19-21,31H,2-3,7-14,16H2,1H3,(H,28,33);1-5H. The van der Waals surface area contributed by atoms with E-state index in [4.69, 9.17) is 0 Å². The zero-order valence-electron chi connectivity index (χ0n) is 22.4. The van der Waals surface area contributed by atoms with Gasteiger partial charge in [-0.1, -0.05) is 12.1 Å². The summed E-state index contributed by atoms with van der Waals surface area (Å²) < 4.78 is 38.7. The minimum absolute atomic E-state index is 0.0911. The van der Waals surface area contributed by atoms with E-state index in [1.807, 2.05) is 23.1 Å². The van der Waals surface area contributed by atoms with Crippen molar-refractivity contribution in [3.8, 4) is 0 Å². The number of halogens is 3. The minimum Gasteiger partial charge on any atom is -0.393 e. The maximum Gasteiger partial charge on any atom is 0.416 e. The fourth-order valence-electron chi connectivity index (χ4n) is 5.17. The SMILES string of the molecule is CN(CCC1CCCCN1C(=O)CNC(=O)c1cccc(C(F)(F)F)c1)C1CCC(O)CC1.c1ccncc1. The number of carbonyl (C=O) groups is 2. The Hall–Kier alpha value is -2.98. The molecule has 2 heterocycles. The van der Waals surface area contributed by atoms with E-state index < -0.39 is 17.6 Å². The number of rotatable bonds is 7. The minimum atomic E-state index is -4.53. The molecule has 2 fully saturated rings. The van der Waals surface area contributed by atoms with Gasteiger partial charge in [0.15, 0.2) is 0 Å². The Balaban J connectivity index is 0.000000617. The largest absolute Gasteiger partial charge is 0.416 e. The molecule has 1 atom stereocenters. The van der Waals surface area contributed by atoms with Crippen LogP contribution in [-0.4, -0.2) is 76.6 Å². The number of aromatic nitrogens is 1. The summed E-state index contributed by atoms with van der Waals surface area (Å²) in [4.78, 5) is 33.1. The Labute approximate surface area is 228 Å². The highest BCUT2D eigenvalue weighted by atomic mass is 19.4. The number of piperidine rings is 1. The van der Waals surface area contributed by atoms with Crippen LogP contribution in [-0.2, 0) is 11.0 Å². The van der Waals surface area contributed by atoms with Crippen LogP contribution in [0.2, 0.25) is 0 Å². The van der Waals surface area contributed by atoms with Crippen molar-refractivity contribution < 1.29 is 27.9 Å². The Morgan fingerprint density at radius 1 is 1.05 bits per heavy atom. The number of carbonyl (C=O) groups excluding carboxylic acids is 2. The Morgan fingerprint density at radius 3 is 2.38 bits per heavy atom. The fraction of sp³-hybridized carbons (Fsp3) is 0.552. The molecule has 2 aromatic rings. The number of alkyl halides is 3. The van der Waals surface area contributed by atoms with Crippen molar-refractivity contribution in [2.75, 3.05) is 26.7 Å². The summed E-state index contributed by atoms with van der Waals surface area (Å²) in [6.07, 6.45) is 6.09. The van der Waals surface area contributed by atoms with Crippen molar-refractivity contribution in [1.29, 1.82) is 0 Å². The van der Waals surface area contributed by atoms with Gasteiger partial charge in [0.1, 0.15) is 0 Å².